The molecule has 0 spiro atoms. The molecule has 1 aliphatic rings. The molecule has 1 aromatic carbocycles. The third-order valence-corrected chi connectivity index (χ3v) is 7.12. The van der Waals surface area contributed by atoms with Crippen LogP contribution in [0.3, 0.4) is 0 Å². The van der Waals surface area contributed by atoms with Crippen LogP contribution in [0.25, 0.3) is 0 Å². The predicted octanol–water partition coefficient (Wildman–Crippen LogP) is 1.33. The van der Waals surface area contributed by atoms with E-state index in [4.69, 9.17) is 4.74 Å². The Kier molecular flexibility index (Phi) is 4.81. The second-order valence-electron chi connectivity index (χ2n) is 5.80. The summed E-state index contributed by atoms with van der Waals surface area (Å²) in [6, 6.07) is 9.14. The second-order valence-corrected chi connectivity index (χ2v) is 9.69. The smallest absolute Gasteiger partial charge is 0.244 e. The van der Waals surface area contributed by atoms with Crippen molar-refractivity contribution in [2.75, 3.05) is 19.3 Å². The molecule has 1 saturated heterocycles. The third-order valence-electron chi connectivity index (χ3n) is 3.91. The van der Waals surface area contributed by atoms with Gasteiger partial charge in [0.05, 0.1) is 17.6 Å². The van der Waals surface area contributed by atoms with Crippen molar-refractivity contribution in [3.63, 3.8) is 0 Å². The van der Waals surface area contributed by atoms with Crippen LogP contribution < -0.4 is 4.74 Å². The number of benzene rings is 1. The number of rotatable bonds is 5. The Morgan fingerprint density at radius 3 is 2.44 bits per heavy atom. The molecule has 9 heteroatoms. The molecular formula is C16H18N2O5S2. The zero-order valence-corrected chi connectivity index (χ0v) is 15.2. The first-order valence-corrected chi connectivity index (χ1v) is 11.0. The summed E-state index contributed by atoms with van der Waals surface area (Å²) in [6.07, 6.45) is 4.41. The van der Waals surface area contributed by atoms with Crippen molar-refractivity contribution in [3.8, 4) is 5.75 Å². The maximum atomic E-state index is 12.9. The van der Waals surface area contributed by atoms with Crippen molar-refractivity contribution in [3.05, 3.63) is 48.8 Å². The summed E-state index contributed by atoms with van der Waals surface area (Å²) >= 11 is 0. The van der Waals surface area contributed by atoms with E-state index < -0.39 is 19.9 Å². The van der Waals surface area contributed by atoms with Crippen LogP contribution in [0.15, 0.2) is 58.6 Å². The van der Waals surface area contributed by atoms with E-state index >= 15 is 0 Å². The second kappa shape index (κ2) is 6.74. The predicted molar refractivity (Wildman–Crippen MR) is 91.6 cm³/mol. The van der Waals surface area contributed by atoms with E-state index in [0.29, 0.717) is 12.2 Å². The highest BCUT2D eigenvalue weighted by atomic mass is 32.2. The van der Waals surface area contributed by atoms with Gasteiger partial charge < -0.3 is 4.74 Å². The van der Waals surface area contributed by atoms with E-state index in [1.54, 1.807) is 24.5 Å². The molecule has 0 saturated carbocycles. The summed E-state index contributed by atoms with van der Waals surface area (Å²) in [7, 11) is -7.57. The van der Waals surface area contributed by atoms with Gasteiger partial charge in [0.1, 0.15) is 16.7 Å². The number of hydrogen-bond acceptors (Lipinski definition) is 6. The zero-order valence-electron chi connectivity index (χ0n) is 13.6. The van der Waals surface area contributed by atoms with Gasteiger partial charge in [-0.3, -0.25) is 4.98 Å². The molecule has 0 bridgehead atoms. The summed E-state index contributed by atoms with van der Waals surface area (Å²) in [5.41, 5.74) is 0. The number of hydrogen-bond donors (Lipinski definition) is 0. The number of ether oxygens (including phenoxy) is 1. The number of nitrogens with zero attached hydrogens (tertiary/aromatic N) is 2. The minimum absolute atomic E-state index is 0.162. The van der Waals surface area contributed by atoms with Crippen molar-refractivity contribution in [2.45, 2.75) is 22.3 Å². The molecule has 1 fully saturated rings. The van der Waals surface area contributed by atoms with Gasteiger partial charge in [0.2, 0.25) is 10.0 Å². The van der Waals surface area contributed by atoms with Crippen LogP contribution in [0.5, 0.6) is 5.75 Å². The van der Waals surface area contributed by atoms with Crippen LogP contribution in [-0.4, -0.2) is 51.6 Å². The first kappa shape index (κ1) is 17.8. The van der Waals surface area contributed by atoms with Crippen molar-refractivity contribution < 1.29 is 21.6 Å². The molecule has 0 aliphatic carbocycles. The molecule has 2 aromatic rings. The minimum atomic E-state index is -3.92. The first-order chi connectivity index (χ1) is 11.8. The summed E-state index contributed by atoms with van der Waals surface area (Å²) < 4.78 is 56.6. The number of aromatic nitrogens is 1. The minimum Gasteiger partial charge on any atom is -0.487 e. The lowest BCUT2D eigenvalue weighted by Gasteiger charge is -2.18. The van der Waals surface area contributed by atoms with Crippen LogP contribution in [0.1, 0.15) is 6.42 Å². The summed E-state index contributed by atoms with van der Waals surface area (Å²) in [4.78, 5) is 3.57. The molecule has 134 valence electrons. The molecule has 1 aromatic heterocycles. The lowest BCUT2D eigenvalue weighted by atomic mass is 10.3. The average Bonchev–Trinajstić information content (AvgIpc) is 3.04. The monoisotopic (exact) mass is 382 g/mol. The Morgan fingerprint density at radius 1 is 1.08 bits per heavy atom. The lowest BCUT2D eigenvalue weighted by molar-refractivity contribution is 0.214. The fraction of sp³-hybridized carbons (Fsp3) is 0.312. The molecule has 0 amide bonds. The van der Waals surface area contributed by atoms with E-state index in [2.05, 4.69) is 4.98 Å². The highest BCUT2D eigenvalue weighted by molar-refractivity contribution is 7.93. The Balaban J connectivity index is 1.83. The van der Waals surface area contributed by atoms with Gasteiger partial charge in [0.25, 0.3) is 0 Å². The fourth-order valence-corrected chi connectivity index (χ4v) is 5.82. The number of sulfonamides is 1. The van der Waals surface area contributed by atoms with Crippen LogP contribution in [0.4, 0.5) is 0 Å². The molecule has 0 radical (unpaired) electrons. The average molecular weight is 382 g/mol. The van der Waals surface area contributed by atoms with Crippen LogP contribution in [0, 0.1) is 0 Å². The van der Waals surface area contributed by atoms with Gasteiger partial charge in [-0.15, -0.1) is 0 Å². The maximum absolute atomic E-state index is 12.9. The van der Waals surface area contributed by atoms with Gasteiger partial charge in [-0.05, 0) is 30.7 Å². The van der Waals surface area contributed by atoms with Crippen molar-refractivity contribution in [1.29, 1.82) is 0 Å². The van der Waals surface area contributed by atoms with Crippen molar-refractivity contribution >= 4 is 19.9 Å². The summed E-state index contributed by atoms with van der Waals surface area (Å²) in [6.45, 7) is 0.431. The van der Waals surface area contributed by atoms with Gasteiger partial charge >= 0.3 is 0 Å². The first-order valence-electron chi connectivity index (χ1n) is 7.64. The Bertz CT molecular complexity index is 959. The Hall–Kier alpha value is -1.97. The Morgan fingerprint density at radius 2 is 1.80 bits per heavy atom. The summed E-state index contributed by atoms with van der Waals surface area (Å²) in [5.74, 6) is 0.572. The van der Waals surface area contributed by atoms with Gasteiger partial charge in [-0.25, -0.2) is 16.8 Å². The van der Waals surface area contributed by atoms with E-state index in [0.717, 1.165) is 6.26 Å². The standard InChI is InChI=1S/C16H18N2O5S2/c1-24(19,20)15-6-2-3-7-16(15)25(21,22)18-10-8-14(12-18)23-13-5-4-9-17-11-13/h2-7,9,11,14H,8,10,12H2,1H3/t14-/m1/s1. The molecule has 1 atom stereocenters. The van der Waals surface area contributed by atoms with Gasteiger partial charge in [0.15, 0.2) is 9.84 Å². The van der Waals surface area contributed by atoms with Crippen molar-refractivity contribution in [2.24, 2.45) is 0 Å². The van der Waals surface area contributed by atoms with Gasteiger partial charge in [-0.1, -0.05) is 12.1 Å². The fourth-order valence-electron chi connectivity index (χ4n) is 2.73. The largest absolute Gasteiger partial charge is 0.487 e. The third kappa shape index (κ3) is 3.83. The molecule has 0 unspecified atom stereocenters. The topological polar surface area (TPSA) is 93.6 Å². The lowest BCUT2D eigenvalue weighted by Crippen LogP contribution is -2.32. The quantitative estimate of drug-likeness (QED) is 0.774. The maximum Gasteiger partial charge on any atom is 0.244 e. The number of sulfone groups is 1. The molecule has 7 nitrogen and oxygen atoms in total. The van der Waals surface area contributed by atoms with Crippen LogP contribution in [0.2, 0.25) is 0 Å². The van der Waals surface area contributed by atoms with Crippen molar-refractivity contribution in [1.82, 2.24) is 9.29 Å². The van der Waals surface area contributed by atoms with Crippen LogP contribution >= 0.6 is 0 Å². The van der Waals surface area contributed by atoms with Gasteiger partial charge in [-0.2, -0.15) is 4.31 Å². The number of pyridine rings is 1. The normalized spacial score (nSPS) is 19.0. The van der Waals surface area contributed by atoms with E-state index in [9.17, 15) is 16.8 Å². The van der Waals surface area contributed by atoms with Crippen LogP contribution in [-0.2, 0) is 19.9 Å². The van der Waals surface area contributed by atoms with E-state index in [-0.39, 0.29) is 29.0 Å². The van der Waals surface area contributed by atoms with Gasteiger partial charge in [0, 0.05) is 19.0 Å². The van der Waals surface area contributed by atoms with E-state index in [1.165, 1.54) is 28.6 Å². The molecule has 25 heavy (non-hydrogen) atoms. The zero-order chi connectivity index (χ0) is 18.1. The molecule has 0 N–H and O–H groups in total. The summed E-state index contributed by atoms with van der Waals surface area (Å²) in [5, 5.41) is 0. The van der Waals surface area contributed by atoms with E-state index in [1.807, 2.05) is 0 Å². The molecule has 1 aliphatic heterocycles. The highest BCUT2D eigenvalue weighted by Gasteiger charge is 2.36. The highest BCUT2D eigenvalue weighted by Crippen LogP contribution is 2.28. The Labute approximate surface area is 147 Å². The molecular weight excluding hydrogens is 364 g/mol. The molecule has 3 rings (SSSR count). The molecule has 2 heterocycles. The SMILES string of the molecule is CS(=O)(=O)c1ccccc1S(=O)(=O)N1CC[C@@H](Oc2cccnc2)C1.